The lowest BCUT2D eigenvalue weighted by Gasteiger charge is -2.29. The van der Waals surface area contributed by atoms with E-state index in [0.29, 0.717) is 6.54 Å². The predicted molar refractivity (Wildman–Crippen MR) is 48.4 cm³/mol. The van der Waals surface area contributed by atoms with Crippen LogP contribution in [0.15, 0.2) is 12.2 Å². The lowest BCUT2D eigenvalue weighted by Crippen LogP contribution is -2.55. The van der Waals surface area contributed by atoms with E-state index in [1.165, 1.54) is 0 Å². The third-order valence-electron chi connectivity index (χ3n) is 2.69. The number of aliphatic hydroxyl groups is 1. The van der Waals surface area contributed by atoms with Crippen molar-refractivity contribution >= 4 is 5.97 Å². The van der Waals surface area contributed by atoms with Gasteiger partial charge < -0.3 is 10.2 Å². The minimum Gasteiger partial charge on any atom is -0.480 e. The van der Waals surface area contributed by atoms with E-state index in [0.717, 1.165) is 12.0 Å². The van der Waals surface area contributed by atoms with E-state index in [1.54, 1.807) is 6.92 Å². The summed E-state index contributed by atoms with van der Waals surface area (Å²) in [5, 5.41) is 21.0. The van der Waals surface area contributed by atoms with E-state index in [1.807, 2.05) is 0 Å². The first-order chi connectivity index (χ1) is 6.04. The summed E-state index contributed by atoms with van der Waals surface area (Å²) in [7, 11) is 0. The van der Waals surface area contributed by atoms with Crippen molar-refractivity contribution in [3.05, 3.63) is 12.2 Å². The number of aliphatic carboxylic acids is 1. The maximum atomic E-state index is 11.0. The number of rotatable bonds is 3. The fourth-order valence-corrected chi connectivity index (χ4v) is 1.93. The van der Waals surface area contributed by atoms with E-state index in [9.17, 15) is 4.79 Å². The van der Waals surface area contributed by atoms with Gasteiger partial charge in [0.15, 0.2) is 0 Å². The molecule has 0 spiro atoms. The topological polar surface area (TPSA) is 69.6 Å². The summed E-state index contributed by atoms with van der Waals surface area (Å²) >= 11 is 0. The van der Waals surface area contributed by atoms with Gasteiger partial charge in [0.05, 0.1) is 6.61 Å². The second-order valence-electron chi connectivity index (χ2n) is 3.55. The Bertz CT molecular complexity index is 239. The molecule has 0 aromatic heterocycles. The Morgan fingerprint density at radius 3 is 2.69 bits per heavy atom. The van der Waals surface area contributed by atoms with Crippen molar-refractivity contribution in [1.29, 1.82) is 0 Å². The molecule has 4 heteroatoms. The fourth-order valence-electron chi connectivity index (χ4n) is 1.93. The van der Waals surface area contributed by atoms with Crippen molar-refractivity contribution in [2.24, 2.45) is 5.92 Å². The van der Waals surface area contributed by atoms with Crippen LogP contribution in [0.2, 0.25) is 0 Å². The molecule has 0 aromatic rings. The van der Waals surface area contributed by atoms with Crippen LogP contribution in [0, 0.1) is 5.92 Å². The van der Waals surface area contributed by atoms with Gasteiger partial charge in [0.2, 0.25) is 0 Å². The molecule has 0 saturated carbocycles. The van der Waals surface area contributed by atoms with Crippen molar-refractivity contribution in [2.45, 2.75) is 18.9 Å². The molecule has 1 unspecified atom stereocenters. The van der Waals surface area contributed by atoms with Crippen molar-refractivity contribution < 1.29 is 15.0 Å². The third-order valence-corrected chi connectivity index (χ3v) is 2.69. The van der Waals surface area contributed by atoms with Gasteiger partial charge in [-0.15, -0.1) is 0 Å². The van der Waals surface area contributed by atoms with Crippen LogP contribution in [0.1, 0.15) is 13.3 Å². The zero-order valence-electron chi connectivity index (χ0n) is 7.71. The third kappa shape index (κ3) is 1.47. The number of nitrogens with one attached hydrogen (secondary N) is 1. The SMILES string of the molecule is C=C(C)C1CCN[C@]1(CO)C(=O)O. The number of hydrogen-bond acceptors (Lipinski definition) is 3. The summed E-state index contributed by atoms with van der Waals surface area (Å²) < 4.78 is 0. The van der Waals surface area contributed by atoms with Crippen molar-refractivity contribution in [2.75, 3.05) is 13.2 Å². The summed E-state index contributed by atoms with van der Waals surface area (Å²) in [5.74, 6) is -1.17. The molecule has 0 bridgehead atoms. The molecule has 1 rings (SSSR count). The Balaban J connectivity index is 2.96. The molecule has 13 heavy (non-hydrogen) atoms. The van der Waals surface area contributed by atoms with Gasteiger partial charge in [0.25, 0.3) is 0 Å². The van der Waals surface area contributed by atoms with E-state index < -0.39 is 11.5 Å². The van der Waals surface area contributed by atoms with Crippen LogP contribution in [0.4, 0.5) is 0 Å². The van der Waals surface area contributed by atoms with E-state index in [4.69, 9.17) is 10.2 Å². The van der Waals surface area contributed by atoms with E-state index in [-0.39, 0.29) is 12.5 Å². The first-order valence-electron chi connectivity index (χ1n) is 4.29. The van der Waals surface area contributed by atoms with Gasteiger partial charge in [-0.05, 0) is 19.9 Å². The van der Waals surface area contributed by atoms with E-state index in [2.05, 4.69) is 11.9 Å². The smallest absolute Gasteiger partial charge is 0.326 e. The summed E-state index contributed by atoms with van der Waals surface area (Å²) in [6, 6.07) is 0. The second-order valence-corrected chi connectivity index (χ2v) is 3.55. The Kier molecular flexibility index (Phi) is 2.73. The number of aliphatic hydroxyl groups excluding tert-OH is 1. The minimum absolute atomic E-state index is 0.171. The molecular formula is C9H15NO3. The highest BCUT2D eigenvalue weighted by atomic mass is 16.4. The van der Waals surface area contributed by atoms with Gasteiger partial charge in [0, 0.05) is 5.92 Å². The molecule has 1 aliphatic heterocycles. The van der Waals surface area contributed by atoms with Gasteiger partial charge in [-0.3, -0.25) is 10.1 Å². The van der Waals surface area contributed by atoms with Crippen LogP contribution in [0.3, 0.4) is 0 Å². The highest BCUT2D eigenvalue weighted by molar-refractivity contribution is 5.80. The monoisotopic (exact) mass is 185 g/mol. The average Bonchev–Trinajstić information content (AvgIpc) is 2.48. The molecule has 0 radical (unpaired) electrons. The zero-order valence-corrected chi connectivity index (χ0v) is 7.71. The lowest BCUT2D eigenvalue weighted by atomic mass is 9.82. The maximum absolute atomic E-state index is 11.0. The van der Waals surface area contributed by atoms with Gasteiger partial charge >= 0.3 is 5.97 Å². The number of carbonyl (C=O) groups is 1. The van der Waals surface area contributed by atoms with Crippen molar-refractivity contribution in [3.8, 4) is 0 Å². The van der Waals surface area contributed by atoms with Crippen LogP contribution < -0.4 is 5.32 Å². The lowest BCUT2D eigenvalue weighted by molar-refractivity contribution is -0.147. The molecule has 4 nitrogen and oxygen atoms in total. The standard InChI is InChI=1S/C9H15NO3/c1-6(2)7-3-4-10-9(7,5-11)8(12)13/h7,10-11H,1,3-5H2,2H3,(H,12,13)/t7?,9-/m0/s1. The Labute approximate surface area is 77.3 Å². The summed E-state index contributed by atoms with van der Waals surface area (Å²) in [6.45, 7) is 5.77. The summed E-state index contributed by atoms with van der Waals surface area (Å²) in [6.07, 6.45) is 0.724. The molecule has 0 aliphatic carbocycles. The highest BCUT2D eigenvalue weighted by Crippen LogP contribution is 2.31. The van der Waals surface area contributed by atoms with Crippen LogP contribution in [-0.4, -0.2) is 34.9 Å². The van der Waals surface area contributed by atoms with Crippen molar-refractivity contribution in [1.82, 2.24) is 5.32 Å². The van der Waals surface area contributed by atoms with Gasteiger partial charge in [0.1, 0.15) is 5.54 Å². The molecular weight excluding hydrogens is 170 g/mol. The average molecular weight is 185 g/mol. The fraction of sp³-hybridized carbons (Fsp3) is 0.667. The molecule has 1 fully saturated rings. The number of hydrogen-bond donors (Lipinski definition) is 3. The second kappa shape index (κ2) is 3.47. The molecule has 1 heterocycles. The van der Waals surface area contributed by atoms with Crippen LogP contribution >= 0.6 is 0 Å². The van der Waals surface area contributed by atoms with Gasteiger partial charge in [-0.2, -0.15) is 0 Å². The molecule has 0 aromatic carbocycles. The molecule has 1 aliphatic rings. The first kappa shape index (κ1) is 10.2. The number of carboxylic acid groups (broad SMARTS) is 1. The molecule has 1 saturated heterocycles. The Hall–Kier alpha value is -0.870. The van der Waals surface area contributed by atoms with Crippen LogP contribution in [0.5, 0.6) is 0 Å². The number of carboxylic acids is 1. The normalized spacial score (nSPS) is 33.2. The van der Waals surface area contributed by atoms with E-state index >= 15 is 0 Å². The van der Waals surface area contributed by atoms with Crippen molar-refractivity contribution in [3.63, 3.8) is 0 Å². The van der Waals surface area contributed by atoms with Crippen LogP contribution in [0.25, 0.3) is 0 Å². The molecule has 74 valence electrons. The molecule has 0 amide bonds. The molecule has 3 N–H and O–H groups in total. The Morgan fingerprint density at radius 1 is 1.77 bits per heavy atom. The summed E-state index contributed by atoms with van der Waals surface area (Å²) in [5.41, 5.74) is -0.396. The predicted octanol–water partition coefficient (Wildman–Crippen LogP) is -0.0123. The van der Waals surface area contributed by atoms with Gasteiger partial charge in [-0.25, -0.2) is 0 Å². The Morgan fingerprint density at radius 2 is 2.38 bits per heavy atom. The minimum atomic E-state index is -1.20. The molecule has 2 atom stereocenters. The zero-order chi connectivity index (χ0) is 10.1. The maximum Gasteiger partial charge on any atom is 0.326 e. The van der Waals surface area contributed by atoms with Gasteiger partial charge in [-0.1, -0.05) is 12.2 Å². The van der Waals surface area contributed by atoms with Crippen LogP contribution in [-0.2, 0) is 4.79 Å². The largest absolute Gasteiger partial charge is 0.480 e. The first-order valence-corrected chi connectivity index (χ1v) is 4.29. The quantitative estimate of drug-likeness (QED) is 0.541. The summed E-state index contributed by atoms with van der Waals surface area (Å²) in [4.78, 5) is 11.0. The highest BCUT2D eigenvalue weighted by Gasteiger charge is 2.49.